The number of hydrogen-bond acceptors (Lipinski definition) is 6. The number of carbonyl (C=O) groups excluding carboxylic acids is 1. The highest BCUT2D eigenvalue weighted by molar-refractivity contribution is 7.89. The van der Waals surface area contributed by atoms with Crippen molar-refractivity contribution in [1.29, 1.82) is 0 Å². The summed E-state index contributed by atoms with van der Waals surface area (Å²) in [5, 5.41) is 0. The molecule has 0 bridgehead atoms. The van der Waals surface area contributed by atoms with Crippen molar-refractivity contribution in [2.75, 3.05) is 33.1 Å². The molecule has 2 rings (SSSR count). The molecule has 1 heterocycles. The van der Waals surface area contributed by atoms with Gasteiger partial charge in [0.2, 0.25) is 10.0 Å². The third kappa shape index (κ3) is 4.39. The second kappa shape index (κ2) is 7.85. The number of carbonyl (C=O) groups is 1. The lowest BCUT2D eigenvalue weighted by molar-refractivity contribution is -0.140. The van der Waals surface area contributed by atoms with Crippen LogP contribution in [0.3, 0.4) is 0 Å². The van der Waals surface area contributed by atoms with Gasteiger partial charge in [0.15, 0.2) is 11.5 Å². The first kappa shape index (κ1) is 18.5. The molecule has 1 aromatic rings. The van der Waals surface area contributed by atoms with E-state index in [0.29, 0.717) is 31.0 Å². The van der Waals surface area contributed by atoms with Crippen LogP contribution in [0.2, 0.25) is 0 Å². The largest absolute Gasteiger partial charge is 0.493 e. The molecule has 24 heavy (non-hydrogen) atoms. The van der Waals surface area contributed by atoms with Crippen LogP contribution >= 0.6 is 0 Å². The van der Waals surface area contributed by atoms with Crippen molar-refractivity contribution in [3.63, 3.8) is 0 Å². The van der Waals surface area contributed by atoms with Gasteiger partial charge in [-0.25, -0.2) is 8.42 Å². The Labute approximate surface area is 142 Å². The van der Waals surface area contributed by atoms with Crippen molar-refractivity contribution in [3.8, 4) is 11.5 Å². The Morgan fingerprint density at radius 3 is 2.38 bits per heavy atom. The van der Waals surface area contributed by atoms with Crippen LogP contribution in [-0.2, 0) is 32.5 Å². The SMILES string of the molecule is COc1cc2c(cc1OC)CN(S(=O)(=O)CCCOC(C)=O)CC2. The standard InChI is InChI=1S/C16H23NO6S/c1-12(18)23-7-4-8-24(19,20)17-6-5-13-9-15(21-2)16(22-3)10-14(13)11-17/h9-10H,4-8,11H2,1-3H3. The highest BCUT2D eigenvalue weighted by atomic mass is 32.2. The van der Waals surface area contributed by atoms with Crippen molar-refractivity contribution < 1.29 is 27.4 Å². The Hall–Kier alpha value is -1.80. The molecule has 7 nitrogen and oxygen atoms in total. The van der Waals surface area contributed by atoms with E-state index in [1.165, 1.54) is 11.2 Å². The van der Waals surface area contributed by atoms with E-state index in [-0.39, 0.29) is 18.8 Å². The maximum atomic E-state index is 12.4. The van der Waals surface area contributed by atoms with Crippen LogP contribution in [-0.4, -0.2) is 51.8 Å². The van der Waals surface area contributed by atoms with Crippen LogP contribution in [0.25, 0.3) is 0 Å². The molecular formula is C16H23NO6S. The number of fused-ring (bicyclic) bond motifs is 1. The van der Waals surface area contributed by atoms with Crippen LogP contribution in [0.15, 0.2) is 12.1 Å². The van der Waals surface area contributed by atoms with Gasteiger partial charge in [-0.1, -0.05) is 0 Å². The molecule has 1 aliphatic heterocycles. The zero-order valence-electron chi connectivity index (χ0n) is 14.2. The number of methoxy groups -OCH3 is 2. The van der Waals surface area contributed by atoms with Gasteiger partial charge in [0.05, 0.1) is 26.6 Å². The second-order valence-electron chi connectivity index (χ2n) is 5.57. The Morgan fingerprint density at radius 1 is 1.17 bits per heavy atom. The lowest BCUT2D eigenvalue weighted by Gasteiger charge is -2.29. The maximum absolute atomic E-state index is 12.4. The Bertz CT molecular complexity index is 701. The van der Waals surface area contributed by atoms with Crippen molar-refractivity contribution in [1.82, 2.24) is 4.31 Å². The lowest BCUT2D eigenvalue weighted by Crippen LogP contribution is -2.37. The van der Waals surface area contributed by atoms with E-state index in [1.54, 1.807) is 14.2 Å². The summed E-state index contributed by atoms with van der Waals surface area (Å²) < 4.78 is 41.7. The van der Waals surface area contributed by atoms with E-state index in [4.69, 9.17) is 14.2 Å². The smallest absolute Gasteiger partial charge is 0.302 e. The zero-order chi connectivity index (χ0) is 17.7. The third-order valence-corrected chi connectivity index (χ3v) is 5.83. The first-order valence-corrected chi connectivity index (χ1v) is 9.33. The molecule has 0 amide bonds. The van der Waals surface area contributed by atoms with Crippen LogP contribution in [0.5, 0.6) is 11.5 Å². The fraction of sp³-hybridized carbons (Fsp3) is 0.562. The van der Waals surface area contributed by atoms with E-state index >= 15 is 0 Å². The highest BCUT2D eigenvalue weighted by Crippen LogP contribution is 2.33. The van der Waals surface area contributed by atoms with Gasteiger partial charge in [-0.3, -0.25) is 4.79 Å². The fourth-order valence-corrected chi connectivity index (χ4v) is 4.13. The Kier molecular flexibility index (Phi) is 6.06. The average Bonchev–Trinajstić information content (AvgIpc) is 2.56. The molecule has 0 N–H and O–H groups in total. The molecule has 1 aliphatic rings. The van der Waals surface area contributed by atoms with Crippen LogP contribution in [0, 0.1) is 0 Å². The summed E-state index contributed by atoms with van der Waals surface area (Å²) in [5.74, 6) is 0.794. The third-order valence-electron chi connectivity index (χ3n) is 3.93. The second-order valence-corrected chi connectivity index (χ2v) is 7.66. The molecule has 0 fully saturated rings. The van der Waals surface area contributed by atoms with Crippen LogP contribution < -0.4 is 9.47 Å². The number of rotatable bonds is 7. The van der Waals surface area contributed by atoms with Gasteiger partial charge in [-0.15, -0.1) is 0 Å². The summed E-state index contributed by atoms with van der Waals surface area (Å²) in [6.45, 7) is 2.16. The number of nitrogens with zero attached hydrogens (tertiary/aromatic N) is 1. The average molecular weight is 357 g/mol. The number of sulfonamides is 1. The molecule has 8 heteroatoms. The van der Waals surface area contributed by atoms with Gasteiger partial charge in [-0.05, 0) is 36.1 Å². The minimum absolute atomic E-state index is 0.0388. The minimum atomic E-state index is -3.39. The van der Waals surface area contributed by atoms with E-state index in [9.17, 15) is 13.2 Å². The number of benzene rings is 1. The summed E-state index contributed by atoms with van der Waals surface area (Å²) in [4.78, 5) is 10.7. The molecule has 0 unspecified atom stereocenters. The van der Waals surface area contributed by atoms with Crippen LogP contribution in [0.1, 0.15) is 24.5 Å². The quantitative estimate of drug-likeness (QED) is 0.541. The predicted octanol–water partition coefficient (Wildman–Crippen LogP) is 1.34. The highest BCUT2D eigenvalue weighted by Gasteiger charge is 2.27. The summed E-state index contributed by atoms with van der Waals surface area (Å²) in [7, 11) is -0.261. The molecule has 0 saturated carbocycles. The zero-order valence-corrected chi connectivity index (χ0v) is 15.0. The van der Waals surface area contributed by atoms with Crippen molar-refractivity contribution in [2.24, 2.45) is 0 Å². The van der Waals surface area contributed by atoms with Gasteiger partial charge in [0.1, 0.15) is 0 Å². The minimum Gasteiger partial charge on any atom is -0.493 e. The molecule has 0 atom stereocenters. The van der Waals surface area contributed by atoms with Gasteiger partial charge >= 0.3 is 5.97 Å². The summed E-state index contributed by atoms with van der Waals surface area (Å²) in [6.07, 6.45) is 0.913. The fourth-order valence-electron chi connectivity index (χ4n) is 2.68. The molecule has 134 valence electrons. The van der Waals surface area contributed by atoms with E-state index < -0.39 is 16.0 Å². The maximum Gasteiger partial charge on any atom is 0.302 e. The molecule has 0 spiro atoms. The first-order valence-electron chi connectivity index (χ1n) is 7.72. The van der Waals surface area contributed by atoms with E-state index in [0.717, 1.165) is 11.1 Å². The first-order chi connectivity index (χ1) is 11.4. The molecule has 0 radical (unpaired) electrons. The molecular weight excluding hydrogens is 334 g/mol. The number of ether oxygens (including phenoxy) is 3. The number of hydrogen-bond donors (Lipinski definition) is 0. The molecule has 0 saturated heterocycles. The van der Waals surface area contributed by atoms with Crippen molar-refractivity contribution in [2.45, 2.75) is 26.3 Å². The predicted molar refractivity (Wildman–Crippen MR) is 88.7 cm³/mol. The Morgan fingerprint density at radius 2 is 1.79 bits per heavy atom. The van der Waals surface area contributed by atoms with Gasteiger partial charge in [0.25, 0.3) is 0 Å². The topological polar surface area (TPSA) is 82.1 Å². The molecule has 1 aromatic carbocycles. The lowest BCUT2D eigenvalue weighted by atomic mass is 10.0. The monoisotopic (exact) mass is 357 g/mol. The normalized spacial score (nSPS) is 14.8. The van der Waals surface area contributed by atoms with Gasteiger partial charge < -0.3 is 14.2 Å². The van der Waals surface area contributed by atoms with Crippen molar-refractivity contribution in [3.05, 3.63) is 23.3 Å². The summed E-state index contributed by atoms with van der Waals surface area (Å²) in [6, 6.07) is 3.73. The summed E-state index contributed by atoms with van der Waals surface area (Å²) in [5.41, 5.74) is 1.99. The Balaban J connectivity index is 2.07. The van der Waals surface area contributed by atoms with E-state index in [1.807, 2.05) is 12.1 Å². The van der Waals surface area contributed by atoms with Crippen molar-refractivity contribution >= 4 is 16.0 Å². The molecule has 0 aromatic heterocycles. The van der Waals surface area contributed by atoms with Gasteiger partial charge in [-0.2, -0.15) is 4.31 Å². The molecule has 0 aliphatic carbocycles. The number of esters is 1. The van der Waals surface area contributed by atoms with Gasteiger partial charge in [0, 0.05) is 20.0 Å². The summed E-state index contributed by atoms with van der Waals surface area (Å²) >= 11 is 0. The van der Waals surface area contributed by atoms with Crippen LogP contribution in [0.4, 0.5) is 0 Å². The van der Waals surface area contributed by atoms with E-state index in [2.05, 4.69) is 0 Å².